The van der Waals surface area contributed by atoms with Crippen molar-refractivity contribution in [3.63, 3.8) is 0 Å². The fourth-order valence-corrected chi connectivity index (χ4v) is 2.35. The Labute approximate surface area is 136 Å². The molecule has 2 atom stereocenters. The van der Waals surface area contributed by atoms with Gasteiger partial charge in [0, 0.05) is 6.26 Å². The molecular weight excluding hydrogens is 357 g/mol. The topological polar surface area (TPSA) is 121 Å². The lowest BCUT2D eigenvalue weighted by Gasteiger charge is -2.21. The molecule has 0 aliphatic rings. The number of sulfone groups is 1. The summed E-state index contributed by atoms with van der Waals surface area (Å²) in [7, 11) is -3.41. The number of aliphatic carboxylic acids is 1. The highest BCUT2D eigenvalue weighted by molar-refractivity contribution is 7.90. The average molecular weight is 370 g/mol. The van der Waals surface area contributed by atoms with E-state index >= 15 is 0 Å². The number of halogens is 2. The quantitative estimate of drug-likeness (QED) is 0.627. The molecule has 0 aromatic heterocycles. The third-order valence-electron chi connectivity index (χ3n) is 2.73. The highest BCUT2D eigenvalue weighted by Gasteiger charge is 2.31. The third-order valence-corrected chi connectivity index (χ3v) is 4.25. The number of carboxylic acids is 1. The van der Waals surface area contributed by atoms with Crippen molar-refractivity contribution in [3.8, 4) is 0 Å². The Kier molecular flexibility index (Phi) is 6.18. The van der Waals surface area contributed by atoms with Crippen LogP contribution < -0.4 is 5.32 Å². The number of alkyl halides is 2. The average Bonchev–Trinajstić information content (AvgIpc) is 2.42. The van der Waals surface area contributed by atoms with Crippen LogP contribution in [0.2, 0.25) is 0 Å². The number of amides is 1. The van der Waals surface area contributed by atoms with E-state index in [0.717, 1.165) is 6.26 Å². The first-order chi connectivity index (χ1) is 10.0. The van der Waals surface area contributed by atoms with Gasteiger partial charge in [0.05, 0.1) is 4.90 Å². The van der Waals surface area contributed by atoms with Gasteiger partial charge in [0.25, 0.3) is 5.91 Å². The Morgan fingerprint density at radius 1 is 1.18 bits per heavy atom. The van der Waals surface area contributed by atoms with Gasteiger partial charge in [-0.2, -0.15) is 0 Å². The van der Waals surface area contributed by atoms with Crippen LogP contribution in [0.25, 0.3) is 0 Å². The van der Waals surface area contributed by atoms with E-state index in [1.807, 2.05) is 5.32 Å². The van der Waals surface area contributed by atoms with Crippen LogP contribution in [0.3, 0.4) is 0 Å². The number of aliphatic hydroxyl groups excluding tert-OH is 1. The summed E-state index contributed by atoms with van der Waals surface area (Å²) in [6.45, 7) is 0. The van der Waals surface area contributed by atoms with Gasteiger partial charge >= 0.3 is 5.97 Å². The van der Waals surface area contributed by atoms with Crippen LogP contribution in [0.15, 0.2) is 29.2 Å². The molecule has 1 aromatic rings. The van der Waals surface area contributed by atoms with Crippen molar-refractivity contribution in [3.05, 3.63) is 29.8 Å². The zero-order valence-electron chi connectivity index (χ0n) is 11.2. The molecule has 7 nitrogen and oxygen atoms in total. The SMILES string of the molecule is CS(=O)(=O)c1ccc([C@@H](O)[C@H](NC(=O)C(Cl)Cl)C(=O)O)cc1. The summed E-state index contributed by atoms with van der Waals surface area (Å²) in [4.78, 5) is 21.0. The molecule has 0 aliphatic carbocycles. The number of carbonyl (C=O) groups excluding carboxylic acids is 1. The normalized spacial score (nSPS) is 14.4. The van der Waals surface area contributed by atoms with Crippen molar-refractivity contribution < 1.29 is 28.2 Å². The van der Waals surface area contributed by atoms with Crippen LogP contribution in [-0.2, 0) is 19.4 Å². The predicted molar refractivity (Wildman–Crippen MR) is 79.6 cm³/mol. The van der Waals surface area contributed by atoms with Crippen molar-refractivity contribution in [1.29, 1.82) is 0 Å². The lowest BCUT2D eigenvalue weighted by atomic mass is 10.0. The number of nitrogens with one attached hydrogen (secondary N) is 1. The number of carbonyl (C=O) groups is 2. The monoisotopic (exact) mass is 369 g/mol. The Bertz CT molecular complexity index is 659. The minimum absolute atomic E-state index is 0.0148. The van der Waals surface area contributed by atoms with E-state index in [1.165, 1.54) is 24.3 Å². The molecule has 0 fully saturated rings. The van der Waals surface area contributed by atoms with Crippen LogP contribution in [-0.4, -0.2) is 47.6 Å². The molecular formula is C12H13Cl2NO6S. The number of hydrogen-bond acceptors (Lipinski definition) is 5. The van der Waals surface area contributed by atoms with Gasteiger partial charge in [-0.1, -0.05) is 35.3 Å². The first-order valence-electron chi connectivity index (χ1n) is 5.83. The van der Waals surface area contributed by atoms with Gasteiger partial charge in [-0.25, -0.2) is 13.2 Å². The molecule has 0 spiro atoms. The molecule has 1 rings (SSSR count). The molecule has 0 saturated carbocycles. The smallest absolute Gasteiger partial charge is 0.329 e. The van der Waals surface area contributed by atoms with E-state index in [2.05, 4.69) is 0 Å². The number of aliphatic hydroxyl groups is 1. The van der Waals surface area contributed by atoms with Crippen LogP contribution >= 0.6 is 23.2 Å². The van der Waals surface area contributed by atoms with Gasteiger partial charge in [0.2, 0.25) is 0 Å². The molecule has 1 aromatic carbocycles. The Hall–Kier alpha value is -1.35. The van der Waals surface area contributed by atoms with Gasteiger partial charge in [-0.15, -0.1) is 0 Å². The van der Waals surface area contributed by atoms with Gasteiger partial charge in [0.1, 0.15) is 6.10 Å². The summed E-state index contributed by atoms with van der Waals surface area (Å²) in [5.74, 6) is -2.47. The maximum absolute atomic E-state index is 11.4. The largest absolute Gasteiger partial charge is 0.480 e. The van der Waals surface area contributed by atoms with E-state index in [4.69, 9.17) is 28.3 Å². The van der Waals surface area contributed by atoms with E-state index in [0.29, 0.717) is 0 Å². The zero-order chi connectivity index (χ0) is 17.1. The standard InChI is InChI=1S/C12H13Cl2NO6S/c1-22(20,21)7-4-2-6(3-5-7)9(16)8(12(18)19)15-11(17)10(13)14/h2-5,8-10,16H,1H3,(H,15,17)(H,18,19)/t8-,9+/m0/s1. The summed E-state index contributed by atoms with van der Waals surface area (Å²) in [5.41, 5.74) is 0.112. The molecule has 22 heavy (non-hydrogen) atoms. The number of carboxylic acid groups (broad SMARTS) is 1. The maximum atomic E-state index is 11.4. The Morgan fingerprint density at radius 3 is 2.05 bits per heavy atom. The number of rotatable bonds is 6. The minimum atomic E-state index is -3.41. The zero-order valence-corrected chi connectivity index (χ0v) is 13.6. The fourth-order valence-electron chi connectivity index (χ4n) is 1.60. The molecule has 0 unspecified atom stereocenters. The van der Waals surface area contributed by atoms with Gasteiger partial charge in [0.15, 0.2) is 20.7 Å². The molecule has 0 heterocycles. The first-order valence-corrected chi connectivity index (χ1v) is 8.60. The molecule has 3 N–H and O–H groups in total. The van der Waals surface area contributed by atoms with E-state index in [-0.39, 0.29) is 10.5 Å². The van der Waals surface area contributed by atoms with Crippen molar-refractivity contribution in [2.75, 3.05) is 6.26 Å². The highest BCUT2D eigenvalue weighted by Crippen LogP contribution is 2.20. The summed E-state index contributed by atoms with van der Waals surface area (Å²) < 4.78 is 22.7. The van der Waals surface area contributed by atoms with E-state index in [9.17, 15) is 23.1 Å². The first kappa shape index (κ1) is 18.7. The molecule has 10 heteroatoms. The summed E-state index contributed by atoms with van der Waals surface area (Å²) in [5, 5.41) is 21.1. The summed E-state index contributed by atoms with van der Waals surface area (Å²) >= 11 is 10.6. The molecule has 0 bridgehead atoms. The van der Waals surface area contributed by atoms with E-state index < -0.39 is 38.7 Å². The highest BCUT2D eigenvalue weighted by atomic mass is 35.5. The fraction of sp³-hybridized carbons (Fsp3) is 0.333. The van der Waals surface area contributed by atoms with Crippen LogP contribution in [0.5, 0.6) is 0 Å². The lowest BCUT2D eigenvalue weighted by Crippen LogP contribution is -2.46. The molecule has 1 amide bonds. The van der Waals surface area contributed by atoms with Crippen molar-refractivity contribution in [2.24, 2.45) is 0 Å². The lowest BCUT2D eigenvalue weighted by molar-refractivity contribution is -0.145. The summed E-state index contributed by atoms with van der Waals surface area (Å²) in [6.07, 6.45) is -0.595. The van der Waals surface area contributed by atoms with Crippen molar-refractivity contribution in [2.45, 2.75) is 21.9 Å². The van der Waals surface area contributed by atoms with E-state index in [1.54, 1.807) is 0 Å². The number of hydrogen-bond donors (Lipinski definition) is 3. The van der Waals surface area contributed by atoms with Crippen molar-refractivity contribution in [1.82, 2.24) is 5.32 Å². The predicted octanol–water partition coefficient (Wildman–Crippen LogP) is 0.497. The number of benzene rings is 1. The second-order valence-corrected chi connectivity index (χ2v) is 7.52. The van der Waals surface area contributed by atoms with Gasteiger partial charge < -0.3 is 15.5 Å². The van der Waals surface area contributed by atoms with Crippen LogP contribution in [0.1, 0.15) is 11.7 Å². The third kappa shape index (κ3) is 4.84. The molecule has 122 valence electrons. The Morgan fingerprint density at radius 2 is 1.68 bits per heavy atom. The molecule has 0 saturated heterocycles. The maximum Gasteiger partial charge on any atom is 0.329 e. The van der Waals surface area contributed by atoms with Crippen LogP contribution in [0.4, 0.5) is 0 Å². The molecule has 0 aliphatic heterocycles. The summed E-state index contributed by atoms with van der Waals surface area (Å²) in [6, 6.07) is 3.27. The second-order valence-electron chi connectivity index (χ2n) is 4.41. The van der Waals surface area contributed by atoms with Crippen LogP contribution in [0, 0.1) is 0 Å². The van der Waals surface area contributed by atoms with Crippen molar-refractivity contribution >= 4 is 44.9 Å². The molecule has 0 radical (unpaired) electrons. The minimum Gasteiger partial charge on any atom is -0.480 e. The van der Waals surface area contributed by atoms with Gasteiger partial charge in [-0.05, 0) is 17.7 Å². The van der Waals surface area contributed by atoms with Gasteiger partial charge in [-0.3, -0.25) is 4.79 Å². The Balaban J connectivity index is 3.02. The second kappa shape index (κ2) is 7.28.